The summed E-state index contributed by atoms with van der Waals surface area (Å²) in [6, 6.07) is 3.58. The second-order valence-corrected chi connectivity index (χ2v) is 5.25. The number of hydrogen-bond acceptors (Lipinski definition) is 3. The molecular formula is C15H22F2N2O. The van der Waals surface area contributed by atoms with Crippen LogP contribution in [0.3, 0.4) is 0 Å². The molecule has 0 spiro atoms. The fraction of sp³-hybridized carbons (Fsp3) is 0.600. The predicted octanol–water partition coefficient (Wildman–Crippen LogP) is 2.03. The monoisotopic (exact) mass is 284 g/mol. The van der Waals surface area contributed by atoms with E-state index >= 15 is 0 Å². The average Bonchev–Trinajstić information content (AvgIpc) is 2.48. The van der Waals surface area contributed by atoms with E-state index in [4.69, 9.17) is 0 Å². The van der Waals surface area contributed by atoms with Crippen molar-refractivity contribution in [1.82, 2.24) is 9.80 Å². The molecular weight excluding hydrogens is 262 g/mol. The van der Waals surface area contributed by atoms with Gasteiger partial charge >= 0.3 is 0 Å². The van der Waals surface area contributed by atoms with Gasteiger partial charge in [-0.05, 0) is 30.7 Å². The van der Waals surface area contributed by atoms with Gasteiger partial charge in [0.25, 0.3) is 0 Å². The van der Waals surface area contributed by atoms with Crippen molar-refractivity contribution in [2.45, 2.75) is 19.4 Å². The molecule has 1 saturated heterocycles. The minimum atomic E-state index is -0.905. The molecule has 0 aliphatic carbocycles. The normalized spacial score (nSPS) is 19.2. The zero-order valence-corrected chi connectivity index (χ0v) is 11.9. The summed E-state index contributed by atoms with van der Waals surface area (Å²) in [5.41, 5.74) is 0.441. The Labute approximate surface area is 118 Å². The minimum Gasteiger partial charge on any atom is -0.388 e. The SMILES string of the molecule is CCN1CCN(CCC(O)c2ccc(F)c(F)c2)CC1. The Hall–Kier alpha value is -1.04. The molecule has 0 aromatic heterocycles. The number of aliphatic hydroxyl groups is 1. The highest BCUT2D eigenvalue weighted by Crippen LogP contribution is 2.19. The van der Waals surface area contributed by atoms with Crippen molar-refractivity contribution in [2.75, 3.05) is 39.3 Å². The third kappa shape index (κ3) is 3.98. The Morgan fingerprint density at radius 2 is 1.75 bits per heavy atom. The van der Waals surface area contributed by atoms with Gasteiger partial charge in [-0.15, -0.1) is 0 Å². The molecule has 3 nitrogen and oxygen atoms in total. The van der Waals surface area contributed by atoms with Gasteiger partial charge in [0.05, 0.1) is 6.10 Å². The molecule has 112 valence electrons. The van der Waals surface area contributed by atoms with Crippen molar-refractivity contribution in [1.29, 1.82) is 0 Å². The van der Waals surface area contributed by atoms with E-state index in [1.165, 1.54) is 6.07 Å². The maximum absolute atomic E-state index is 13.1. The Morgan fingerprint density at radius 3 is 2.35 bits per heavy atom. The van der Waals surface area contributed by atoms with Gasteiger partial charge in [0.2, 0.25) is 0 Å². The van der Waals surface area contributed by atoms with E-state index < -0.39 is 17.7 Å². The van der Waals surface area contributed by atoms with Crippen LogP contribution in [0, 0.1) is 11.6 Å². The van der Waals surface area contributed by atoms with Gasteiger partial charge in [0, 0.05) is 32.7 Å². The van der Waals surface area contributed by atoms with E-state index in [1.807, 2.05) is 0 Å². The summed E-state index contributed by atoms with van der Waals surface area (Å²) in [4.78, 5) is 4.69. The first-order valence-corrected chi connectivity index (χ1v) is 7.18. The number of halogens is 2. The maximum Gasteiger partial charge on any atom is 0.159 e. The lowest BCUT2D eigenvalue weighted by atomic mass is 10.1. The molecule has 0 saturated carbocycles. The summed E-state index contributed by atoms with van der Waals surface area (Å²) in [5.74, 6) is -1.78. The van der Waals surface area contributed by atoms with E-state index in [2.05, 4.69) is 16.7 Å². The van der Waals surface area contributed by atoms with Crippen LogP contribution in [0.4, 0.5) is 8.78 Å². The van der Waals surface area contributed by atoms with Crippen LogP contribution in [0.5, 0.6) is 0 Å². The maximum atomic E-state index is 13.1. The van der Waals surface area contributed by atoms with Crippen molar-refractivity contribution in [3.05, 3.63) is 35.4 Å². The van der Waals surface area contributed by atoms with E-state index in [1.54, 1.807) is 0 Å². The molecule has 1 aliphatic rings. The van der Waals surface area contributed by atoms with E-state index in [9.17, 15) is 13.9 Å². The summed E-state index contributed by atoms with van der Waals surface area (Å²) in [6.45, 7) is 8.11. The van der Waals surface area contributed by atoms with E-state index in [0.29, 0.717) is 12.0 Å². The second kappa shape index (κ2) is 7.11. The number of benzene rings is 1. The zero-order valence-electron chi connectivity index (χ0n) is 11.9. The molecule has 0 bridgehead atoms. The summed E-state index contributed by atoms with van der Waals surface area (Å²) in [5, 5.41) is 10.0. The highest BCUT2D eigenvalue weighted by molar-refractivity contribution is 5.19. The second-order valence-electron chi connectivity index (χ2n) is 5.25. The van der Waals surface area contributed by atoms with Crippen LogP contribution in [0.15, 0.2) is 18.2 Å². The lowest BCUT2D eigenvalue weighted by Gasteiger charge is -2.34. The van der Waals surface area contributed by atoms with Crippen LogP contribution in [0.2, 0.25) is 0 Å². The smallest absolute Gasteiger partial charge is 0.159 e. The number of hydrogen-bond donors (Lipinski definition) is 1. The fourth-order valence-corrected chi connectivity index (χ4v) is 2.52. The minimum absolute atomic E-state index is 0.441. The Balaban J connectivity index is 1.80. The predicted molar refractivity (Wildman–Crippen MR) is 74.5 cm³/mol. The molecule has 1 fully saturated rings. The third-order valence-corrected chi connectivity index (χ3v) is 3.96. The van der Waals surface area contributed by atoms with Crippen LogP contribution in [-0.2, 0) is 0 Å². The molecule has 20 heavy (non-hydrogen) atoms. The molecule has 1 aliphatic heterocycles. The molecule has 0 amide bonds. The molecule has 1 unspecified atom stereocenters. The van der Waals surface area contributed by atoms with Gasteiger partial charge in [-0.2, -0.15) is 0 Å². The quantitative estimate of drug-likeness (QED) is 0.896. The molecule has 5 heteroatoms. The van der Waals surface area contributed by atoms with Crippen molar-refractivity contribution >= 4 is 0 Å². The first kappa shape index (κ1) is 15.4. The van der Waals surface area contributed by atoms with Crippen LogP contribution in [-0.4, -0.2) is 54.2 Å². The highest BCUT2D eigenvalue weighted by Gasteiger charge is 2.17. The lowest BCUT2D eigenvalue weighted by molar-refractivity contribution is 0.105. The number of rotatable bonds is 5. The van der Waals surface area contributed by atoms with Gasteiger partial charge < -0.3 is 14.9 Å². The van der Waals surface area contributed by atoms with E-state index in [0.717, 1.165) is 51.4 Å². The molecule has 0 radical (unpaired) electrons. The van der Waals surface area contributed by atoms with Crippen LogP contribution in [0.1, 0.15) is 25.0 Å². The van der Waals surface area contributed by atoms with Gasteiger partial charge in [-0.25, -0.2) is 8.78 Å². The summed E-state index contributed by atoms with van der Waals surface area (Å²) >= 11 is 0. The fourth-order valence-electron chi connectivity index (χ4n) is 2.52. The average molecular weight is 284 g/mol. The first-order chi connectivity index (χ1) is 9.60. The van der Waals surface area contributed by atoms with Gasteiger partial charge in [-0.1, -0.05) is 13.0 Å². The zero-order chi connectivity index (χ0) is 14.5. The Kier molecular flexibility index (Phi) is 5.46. The number of nitrogens with zero attached hydrogens (tertiary/aromatic N) is 2. The largest absolute Gasteiger partial charge is 0.388 e. The molecule has 1 aromatic rings. The highest BCUT2D eigenvalue weighted by atomic mass is 19.2. The first-order valence-electron chi connectivity index (χ1n) is 7.18. The Morgan fingerprint density at radius 1 is 1.10 bits per heavy atom. The molecule has 1 aromatic carbocycles. The molecule has 1 heterocycles. The molecule has 1 atom stereocenters. The van der Waals surface area contributed by atoms with Crippen LogP contribution < -0.4 is 0 Å². The molecule has 2 rings (SSSR count). The summed E-state index contributed by atoms with van der Waals surface area (Å²) < 4.78 is 26.0. The van der Waals surface area contributed by atoms with E-state index in [-0.39, 0.29) is 0 Å². The molecule has 1 N–H and O–H groups in total. The van der Waals surface area contributed by atoms with Crippen LogP contribution in [0.25, 0.3) is 0 Å². The van der Waals surface area contributed by atoms with Crippen molar-refractivity contribution in [3.8, 4) is 0 Å². The van der Waals surface area contributed by atoms with Crippen molar-refractivity contribution in [3.63, 3.8) is 0 Å². The summed E-state index contributed by atoms with van der Waals surface area (Å²) in [6.07, 6.45) is -0.202. The van der Waals surface area contributed by atoms with Crippen LogP contribution >= 0.6 is 0 Å². The van der Waals surface area contributed by atoms with Gasteiger partial charge in [0.1, 0.15) is 0 Å². The third-order valence-electron chi connectivity index (χ3n) is 3.96. The van der Waals surface area contributed by atoms with Crippen molar-refractivity contribution < 1.29 is 13.9 Å². The topological polar surface area (TPSA) is 26.7 Å². The summed E-state index contributed by atoms with van der Waals surface area (Å²) in [7, 11) is 0. The number of aliphatic hydroxyl groups excluding tert-OH is 1. The standard InChI is InChI=1S/C15H22F2N2O/c1-2-18-7-9-19(10-8-18)6-5-15(20)12-3-4-13(16)14(17)11-12/h3-4,11,15,20H,2,5-10H2,1H3. The van der Waals surface area contributed by atoms with Gasteiger partial charge in [0.15, 0.2) is 11.6 Å². The number of piperazine rings is 1. The van der Waals surface area contributed by atoms with Crippen molar-refractivity contribution in [2.24, 2.45) is 0 Å². The number of likely N-dealkylation sites (N-methyl/N-ethyl adjacent to an activating group) is 1. The Bertz CT molecular complexity index is 434. The van der Waals surface area contributed by atoms with Gasteiger partial charge in [-0.3, -0.25) is 0 Å². The lowest BCUT2D eigenvalue weighted by Crippen LogP contribution is -2.46.